The minimum Gasteiger partial charge on any atom is -0.400 e. The zero-order valence-electron chi connectivity index (χ0n) is 13.2. The van der Waals surface area contributed by atoms with Gasteiger partial charge in [0.15, 0.2) is 0 Å². The molecule has 4 nitrogen and oxygen atoms in total. The van der Waals surface area contributed by atoms with Crippen LogP contribution in [0.3, 0.4) is 0 Å². The van der Waals surface area contributed by atoms with E-state index in [1.807, 2.05) is 27.7 Å². The molecule has 0 radical (unpaired) electrons. The van der Waals surface area contributed by atoms with Crippen molar-refractivity contribution >= 4 is 24.8 Å². The number of nitriles is 1. The lowest BCUT2D eigenvalue weighted by atomic mass is 9.77. The molecule has 0 spiro atoms. The predicted octanol–water partition coefficient (Wildman–Crippen LogP) is 3.22. The summed E-state index contributed by atoms with van der Waals surface area (Å²) in [6, 6.07) is 7.04. The van der Waals surface area contributed by atoms with E-state index >= 15 is 0 Å². The summed E-state index contributed by atoms with van der Waals surface area (Å²) in [7, 11) is -0.642. The van der Waals surface area contributed by atoms with Crippen LogP contribution in [-0.4, -0.2) is 30.0 Å². The van der Waals surface area contributed by atoms with Crippen molar-refractivity contribution in [2.24, 2.45) is 0 Å². The van der Waals surface area contributed by atoms with Gasteiger partial charge in [0.05, 0.1) is 29.4 Å². The molecule has 0 aromatic heterocycles. The van der Waals surface area contributed by atoms with Gasteiger partial charge in [-0.15, -0.1) is 0 Å². The van der Waals surface area contributed by atoms with Gasteiger partial charge in [-0.3, -0.25) is 0 Å². The van der Waals surface area contributed by atoms with Gasteiger partial charge in [0, 0.05) is 5.02 Å². The van der Waals surface area contributed by atoms with Crippen molar-refractivity contribution in [3.63, 3.8) is 0 Å². The fraction of sp³-hybridized carbons (Fsp3) is 0.438. The van der Waals surface area contributed by atoms with Crippen LogP contribution in [0.2, 0.25) is 5.02 Å². The van der Waals surface area contributed by atoms with Crippen LogP contribution in [0.5, 0.6) is 0 Å². The highest BCUT2D eigenvalue weighted by Gasteiger charge is 2.52. The van der Waals surface area contributed by atoms with Crippen LogP contribution in [-0.2, 0) is 9.31 Å². The number of aliphatic hydroxyl groups excluding tert-OH is 1. The maximum absolute atomic E-state index is 9.67. The Balaban J connectivity index is 2.36. The Kier molecular flexibility index (Phi) is 4.69. The van der Waals surface area contributed by atoms with Crippen LogP contribution in [0, 0.1) is 11.3 Å². The Morgan fingerprint density at radius 1 is 1.32 bits per heavy atom. The van der Waals surface area contributed by atoms with Crippen molar-refractivity contribution in [2.45, 2.75) is 38.9 Å². The van der Waals surface area contributed by atoms with E-state index in [9.17, 15) is 5.11 Å². The zero-order chi connectivity index (χ0) is 16.5. The van der Waals surface area contributed by atoms with E-state index in [0.717, 1.165) is 0 Å². The second kappa shape index (κ2) is 6.06. The Labute approximate surface area is 136 Å². The van der Waals surface area contributed by atoms with Gasteiger partial charge in [0.2, 0.25) is 0 Å². The fourth-order valence-corrected chi connectivity index (χ4v) is 2.28. The van der Waals surface area contributed by atoms with Crippen molar-refractivity contribution in [3.05, 3.63) is 39.8 Å². The number of halogens is 1. The summed E-state index contributed by atoms with van der Waals surface area (Å²) in [6.07, 6.45) is 1.71. The largest absolute Gasteiger partial charge is 0.492 e. The lowest BCUT2D eigenvalue weighted by molar-refractivity contribution is 0.00578. The second-order valence-corrected chi connectivity index (χ2v) is 6.72. The third-order valence-electron chi connectivity index (χ3n) is 4.20. The molecule has 1 heterocycles. The summed E-state index contributed by atoms with van der Waals surface area (Å²) < 4.78 is 11.9. The summed E-state index contributed by atoms with van der Waals surface area (Å²) >= 11 is 6.16. The molecule has 116 valence electrons. The van der Waals surface area contributed by atoms with E-state index < -0.39 is 18.3 Å². The standard InChI is InChI=1S/C16H19BClNO3/c1-15(2)16(3,4)22-17(21-15)13(10-20)8-12-7-11(9-19)5-6-14(12)18/h5-8,20H,10H2,1-4H3. The van der Waals surface area contributed by atoms with Gasteiger partial charge in [-0.05, 0) is 56.9 Å². The van der Waals surface area contributed by atoms with Gasteiger partial charge < -0.3 is 14.4 Å². The molecule has 1 fully saturated rings. The minimum atomic E-state index is -0.642. The first kappa shape index (κ1) is 17.0. The number of benzene rings is 1. The summed E-state index contributed by atoms with van der Waals surface area (Å²) in [4.78, 5) is 0. The topological polar surface area (TPSA) is 62.5 Å². The van der Waals surface area contributed by atoms with Gasteiger partial charge in [0.25, 0.3) is 0 Å². The average molecular weight is 320 g/mol. The number of nitrogens with zero attached hydrogens (tertiary/aromatic N) is 1. The van der Waals surface area contributed by atoms with E-state index in [0.29, 0.717) is 21.6 Å². The van der Waals surface area contributed by atoms with Crippen molar-refractivity contribution in [1.29, 1.82) is 5.26 Å². The van der Waals surface area contributed by atoms with Crippen LogP contribution in [0.25, 0.3) is 6.08 Å². The zero-order valence-corrected chi connectivity index (χ0v) is 13.9. The first-order valence-corrected chi connectivity index (χ1v) is 7.44. The maximum Gasteiger partial charge on any atom is 0.492 e. The predicted molar refractivity (Wildman–Crippen MR) is 87.3 cm³/mol. The molecule has 0 saturated carbocycles. The van der Waals surface area contributed by atoms with Gasteiger partial charge in [-0.2, -0.15) is 5.26 Å². The maximum atomic E-state index is 9.67. The summed E-state index contributed by atoms with van der Waals surface area (Å²) in [5.74, 6) is 0. The molecule has 22 heavy (non-hydrogen) atoms. The van der Waals surface area contributed by atoms with Gasteiger partial charge in [-0.25, -0.2) is 0 Å². The molecule has 0 unspecified atom stereocenters. The highest BCUT2D eigenvalue weighted by molar-refractivity contribution is 6.56. The number of hydrogen-bond acceptors (Lipinski definition) is 4. The fourth-order valence-electron chi connectivity index (χ4n) is 2.11. The smallest absolute Gasteiger partial charge is 0.400 e. The molecule has 6 heteroatoms. The van der Waals surface area contributed by atoms with Gasteiger partial charge in [0.1, 0.15) is 0 Å². The molecule has 1 N–H and O–H groups in total. The van der Waals surface area contributed by atoms with Crippen molar-refractivity contribution in [1.82, 2.24) is 0 Å². The second-order valence-electron chi connectivity index (χ2n) is 6.31. The van der Waals surface area contributed by atoms with Gasteiger partial charge in [-0.1, -0.05) is 17.7 Å². The first-order valence-electron chi connectivity index (χ1n) is 7.07. The van der Waals surface area contributed by atoms with Crippen LogP contribution in [0.1, 0.15) is 38.8 Å². The van der Waals surface area contributed by atoms with E-state index in [4.69, 9.17) is 26.2 Å². The van der Waals surface area contributed by atoms with E-state index in [-0.39, 0.29) is 6.61 Å². The molecule has 2 rings (SSSR count). The highest BCUT2D eigenvalue weighted by atomic mass is 35.5. The lowest BCUT2D eigenvalue weighted by Gasteiger charge is -2.32. The van der Waals surface area contributed by atoms with Crippen molar-refractivity contribution < 1.29 is 14.4 Å². The van der Waals surface area contributed by atoms with Crippen molar-refractivity contribution in [3.8, 4) is 6.07 Å². The Morgan fingerprint density at radius 2 is 1.91 bits per heavy atom. The lowest BCUT2D eigenvalue weighted by Crippen LogP contribution is -2.41. The Bertz CT molecular complexity index is 633. The summed E-state index contributed by atoms with van der Waals surface area (Å²) in [5, 5.41) is 19.2. The molecule has 0 amide bonds. The molecule has 1 aromatic carbocycles. The molecule has 0 atom stereocenters. The first-order chi connectivity index (χ1) is 10.2. The van der Waals surface area contributed by atoms with E-state index in [1.54, 1.807) is 24.3 Å². The van der Waals surface area contributed by atoms with Crippen LogP contribution >= 0.6 is 11.6 Å². The van der Waals surface area contributed by atoms with Crippen molar-refractivity contribution in [2.75, 3.05) is 6.61 Å². The average Bonchev–Trinajstić information content (AvgIpc) is 2.66. The summed E-state index contributed by atoms with van der Waals surface area (Å²) in [5.41, 5.74) is 0.756. The SMILES string of the molecule is CC1(C)OB(C(=Cc2cc(C#N)ccc2Cl)CO)OC1(C)C. The normalized spacial score (nSPS) is 20.0. The molecular formula is C16H19BClNO3. The number of aliphatic hydroxyl groups is 1. The molecule has 1 aromatic rings. The van der Waals surface area contributed by atoms with E-state index in [1.165, 1.54) is 0 Å². The highest BCUT2D eigenvalue weighted by Crippen LogP contribution is 2.39. The van der Waals surface area contributed by atoms with E-state index in [2.05, 4.69) is 6.07 Å². The summed E-state index contributed by atoms with van der Waals surface area (Å²) in [6.45, 7) is 7.58. The third kappa shape index (κ3) is 3.21. The molecular weight excluding hydrogens is 300 g/mol. The Hall–Kier alpha value is -1.32. The van der Waals surface area contributed by atoms with Crippen LogP contribution in [0.15, 0.2) is 23.7 Å². The minimum absolute atomic E-state index is 0.218. The van der Waals surface area contributed by atoms with Crippen LogP contribution in [0.4, 0.5) is 0 Å². The molecule has 0 aliphatic carbocycles. The Morgan fingerprint density at radius 3 is 2.41 bits per heavy atom. The number of rotatable bonds is 3. The number of hydrogen-bond donors (Lipinski definition) is 1. The quantitative estimate of drug-likeness (QED) is 0.869. The molecule has 1 saturated heterocycles. The molecule has 1 aliphatic heterocycles. The molecule has 1 aliphatic rings. The third-order valence-corrected chi connectivity index (χ3v) is 4.55. The molecule has 0 bridgehead atoms. The van der Waals surface area contributed by atoms with Crippen LogP contribution < -0.4 is 0 Å². The monoisotopic (exact) mass is 319 g/mol. The van der Waals surface area contributed by atoms with Gasteiger partial charge >= 0.3 is 7.12 Å².